The molecule has 2 N–H and O–H groups in total. The van der Waals surface area contributed by atoms with Crippen molar-refractivity contribution >= 4 is 0 Å². The molecule has 2 bridgehead atoms. The largest absolute Gasteiger partial charge is 0.492 e. The summed E-state index contributed by atoms with van der Waals surface area (Å²) >= 11 is 0. The highest BCUT2D eigenvalue weighted by Gasteiger charge is 2.39. The molecule has 2 fully saturated rings. The topological polar surface area (TPSA) is 48.1 Å². The average Bonchev–Trinajstić information content (AvgIpc) is 3.06. The number of rotatable bonds is 3. The van der Waals surface area contributed by atoms with Crippen LogP contribution in [0.5, 0.6) is 5.75 Å². The molecular formula is C16H20N2O. The summed E-state index contributed by atoms with van der Waals surface area (Å²) in [5.41, 5.74) is 6.24. The van der Waals surface area contributed by atoms with Gasteiger partial charge in [-0.25, -0.2) is 0 Å². The molecule has 3 rings (SSSR count). The van der Waals surface area contributed by atoms with Crippen LogP contribution in [-0.2, 0) is 0 Å². The van der Waals surface area contributed by atoms with Crippen LogP contribution in [0.2, 0.25) is 0 Å². The van der Waals surface area contributed by atoms with E-state index in [4.69, 9.17) is 10.5 Å². The van der Waals surface area contributed by atoms with Gasteiger partial charge in [-0.3, -0.25) is 4.98 Å². The Morgan fingerprint density at radius 2 is 2.26 bits per heavy atom. The Hall–Kier alpha value is -1.53. The maximum absolute atomic E-state index is 5.90. The third kappa shape index (κ3) is 2.90. The first-order valence-electron chi connectivity index (χ1n) is 7.12. The van der Waals surface area contributed by atoms with Crippen LogP contribution in [0.1, 0.15) is 31.2 Å². The number of aromatic nitrogens is 1. The van der Waals surface area contributed by atoms with Crippen LogP contribution < -0.4 is 10.5 Å². The first-order valence-corrected chi connectivity index (χ1v) is 7.12. The molecule has 3 nitrogen and oxygen atoms in total. The van der Waals surface area contributed by atoms with Crippen LogP contribution in [0.3, 0.4) is 0 Å². The highest BCUT2D eigenvalue weighted by Crippen LogP contribution is 2.48. The van der Waals surface area contributed by atoms with E-state index in [9.17, 15) is 0 Å². The molecule has 1 aromatic heterocycles. The number of pyridine rings is 1. The summed E-state index contributed by atoms with van der Waals surface area (Å²) < 4.78 is 5.90. The molecule has 1 aromatic rings. The number of hydrogen-bond acceptors (Lipinski definition) is 3. The number of hydrogen-bond donors (Lipinski definition) is 1. The second-order valence-corrected chi connectivity index (χ2v) is 5.66. The van der Waals surface area contributed by atoms with Crippen molar-refractivity contribution in [3.8, 4) is 17.6 Å². The second kappa shape index (κ2) is 5.63. The molecule has 3 unspecified atom stereocenters. The molecule has 0 saturated heterocycles. The maximum atomic E-state index is 5.90. The minimum absolute atomic E-state index is 0.371. The highest BCUT2D eigenvalue weighted by atomic mass is 16.5. The van der Waals surface area contributed by atoms with Gasteiger partial charge in [-0.2, -0.15) is 0 Å². The van der Waals surface area contributed by atoms with Crippen molar-refractivity contribution in [3.05, 3.63) is 24.0 Å². The molecule has 3 atom stereocenters. The quantitative estimate of drug-likeness (QED) is 0.843. The number of ether oxygens (including phenoxy) is 1. The summed E-state index contributed by atoms with van der Waals surface area (Å²) in [6.07, 6.45) is 9.12. The van der Waals surface area contributed by atoms with Gasteiger partial charge < -0.3 is 10.5 Å². The fourth-order valence-corrected chi connectivity index (χ4v) is 3.50. The Bertz CT molecular complexity index is 503. The van der Waals surface area contributed by atoms with Crippen LogP contribution in [0.25, 0.3) is 0 Å². The Morgan fingerprint density at radius 3 is 3.00 bits per heavy atom. The summed E-state index contributed by atoms with van der Waals surface area (Å²) in [5.74, 6) is 9.26. The lowest BCUT2D eigenvalue weighted by atomic mass is 9.89. The van der Waals surface area contributed by atoms with E-state index in [-0.39, 0.29) is 0 Å². The molecule has 0 aromatic carbocycles. The van der Waals surface area contributed by atoms with Crippen molar-refractivity contribution in [2.45, 2.75) is 25.7 Å². The molecule has 2 aliphatic rings. The van der Waals surface area contributed by atoms with Gasteiger partial charge in [-0.1, -0.05) is 18.3 Å². The van der Waals surface area contributed by atoms with Gasteiger partial charge in [0.25, 0.3) is 0 Å². The van der Waals surface area contributed by atoms with Crippen molar-refractivity contribution in [1.29, 1.82) is 0 Å². The van der Waals surface area contributed by atoms with Crippen LogP contribution in [0.4, 0.5) is 0 Å². The van der Waals surface area contributed by atoms with E-state index in [1.807, 2.05) is 6.07 Å². The van der Waals surface area contributed by atoms with Gasteiger partial charge in [-0.15, -0.1) is 0 Å². The summed E-state index contributed by atoms with van der Waals surface area (Å²) in [6, 6.07) is 1.95. The normalized spacial score (nSPS) is 27.9. The minimum atomic E-state index is 0.371. The van der Waals surface area contributed by atoms with E-state index in [1.54, 1.807) is 12.4 Å². The Kier molecular flexibility index (Phi) is 3.70. The first kappa shape index (κ1) is 12.5. The van der Waals surface area contributed by atoms with Crippen LogP contribution in [0.15, 0.2) is 18.5 Å². The van der Waals surface area contributed by atoms with E-state index < -0.39 is 0 Å². The Morgan fingerprint density at radius 1 is 1.32 bits per heavy atom. The fraction of sp³-hybridized carbons (Fsp3) is 0.562. The lowest BCUT2D eigenvalue weighted by Crippen LogP contribution is -2.18. The number of nitrogens with two attached hydrogens (primary N) is 1. The molecule has 3 heteroatoms. The van der Waals surface area contributed by atoms with Gasteiger partial charge >= 0.3 is 0 Å². The molecule has 0 amide bonds. The predicted molar refractivity (Wildman–Crippen MR) is 74.6 cm³/mol. The lowest BCUT2D eigenvalue weighted by molar-refractivity contribution is 0.194. The smallest absolute Gasteiger partial charge is 0.138 e. The fourth-order valence-electron chi connectivity index (χ4n) is 3.50. The minimum Gasteiger partial charge on any atom is -0.492 e. The lowest BCUT2D eigenvalue weighted by Gasteiger charge is -2.21. The monoisotopic (exact) mass is 256 g/mol. The Balaban J connectivity index is 1.58. The zero-order valence-electron chi connectivity index (χ0n) is 11.1. The predicted octanol–water partition coefficient (Wildman–Crippen LogP) is 2.21. The third-order valence-corrected chi connectivity index (χ3v) is 4.40. The van der Waals surface area contributed by atoms with Gasteiger partial charge in [0.2, 0.25) is 0 Å². The van der Waals surface area contributed by atoms with Crippen molar-refractivity contribution in [3.63, 3.8) is 0 Å². The van der Waals surface area contributed by atoms with Crippen LogP contribution >= 0.6 is 0 Å². The van der Waals surface area contributed by atoms with Crippen molar-refractivity contribution in [2.75, 3.05) is 13.2 Å². The molecule has 2 aliphatic carbocycles. The van der Waals surface area contributed by atoms with Crippen LogP contribution in [-0.4, -0.2) is 18.1 Å². The zero-order chi connectivity index (χ0) is 13.1. The molecular weight excluding hydrogens is 236 g/mol. The maximum Gasteiger partial charge on any atom is 0.138 e. The third-order valence-electron chi connectivity index (χ3n) is 4.40. The summed E-state index contributed by atoms with van der Waals surface area (Å²) in [7, 11) is 0. The summed E-state index contributed by atoms with van der Waals surface area (Å²) in [5, 5.41) is 0. The van der Waals surface area contributed by atoms with Crippen molar-refractivity contribution < 1.29 is 4.74 Å². The zero-order valence-corrected chi connectivity index (χ0v) is 11.1. The van der Waals surface area contributed by atoms with Crippen LogP contribution in [0, 0.1) is 29.6 Å². The second-order valence-electron chi connectivity index (χ2n) is 5.66. The number of nitrogens with zero attached hydrogens (tertiary/aromatic N) is 1. The molecule has 0 aliphatic heterocycles. The van der Waals surface area contributed by atoms with E-state index >= 15 is 0 Å². The SMILES string of the molecule is NCC#Cc1cncc(OCC2CC3CCC2C3)c1. The Labute approximate surface area is 114 Å². The van der Waals surface area contributed by atoms with Crippen molar-refractivity contribution in [2.24, 2.45) is 23.5 Å². The van der Waals surface area contributed by atoms with Gasteiger partial charge in [0, 0.05) is 11.8 Å². The van der Waals surface area contributed by atoms with Gasteiger partial charge in [0.05, 0.1) is 19.3 Å². The average molecular weight is 256 g/mol. The number of fused-ring (bicyclic) bond motifs is 2. The summed E-state index contributed by atoms with van der Waals surface area (Å²) in [6.45, 7) is 1.20. The standard InChI is InChI=1S/C16H20N2O/c17-5-1-2-13-8-16(10-18-9-13)19-11-15-7-12-3-4-14(15)6-12/h8-10,12,14-15H,3-7,11,17H2. The van der Waals surface area contributed by atoms with E-state index in [0.29, 0.717) is 6.54 Å². The first-order chi connectivity index (χ1) is 9.35. The van der Waals surface area contributed by atoms with E-state index in [0.717, 1.165) is 35.7 Å². The molecule has 0 radical (unpaired) electrons. The molecule has 19 heavy (non-hydrogen) atoms. The molecule has 100 valence electrons. The molecule has 1 heterocycles. The van der Waals surface area contributed by atoms with Gasteiger partial charge in [-0.05, 0) is 43.1 Å². The highest BCUT2D eigenvalue weighted by molar-refractivity contribution is 5.36. The van der Waals surface area contributed by atoms with Gasteiger partial charge in [0.1, 0.15) is 5.75 Å². The van der Waals surface area contributed by atoms with E-state index in [1.165, 1.54) is 25.7 Å². The van der Waals surface area contributed by atoms with E-state index in [2.05, 4.69) is 16.8 Å². The van der Waals surface area contributed by atoms with Crippen molar-refractivity contribution in [1.82, 2.24) is 4.98 Å². The summed E-state index contributed by atoms with van der Waals surface area (Å²) in [4.78, 5) is 4.16. The van der Waals surface area contributed by atoms with Gasteiger partial charge in [0.15, 0.2) is 0 Å². The molecule has 0 spiro atoms. The molecule has 2 saturated carbocycles.